The molecule has 19 nitrogen and oxygen atoms in total. The molecule has 2 fully saturated rings. The molecule has 0 saturated carbocycles. The minimum atomic E-state index is -2.37. The maximum Gasteiger partial charge on any atom is 0.311 e. The Kier molecular flexibility index (Phi) is 26.2. The van der Waals surface area contributed by atoms with Crippen LogP contribution in [0.3, 0.4) is 0 Å². The molecule has 0 unspecified atom stereocenters. The summed E-state index contributed by atoms with van der Waals surface area (Å²) in [6.07, 6.45) is 3.74. The number of allylic oxidation sites excluding steroid dienone is 12. The van der Waals surface area contributed by atoms with E-state index in [4.69, 9.17) is 18.9 Å². The first kappa shape index (κ1) is 63.1. The summed E-state index contributed by atoms with van der Waals surface area (Å²) in [7, 11) is 3.85. The molecule has 1 aromatic rings. The fraction of sp³-hybridized carbons (Fsp3) is 0.607. The van der Waals surface area contributed by atoms with Gasteiger partial charge < -0.3 is 85.3 Å². The lowest BCUT2D eigenvalue weighted by molar-refractivity contribution is -0.310. The highest BCUT2D eigenvalue weighted by Crippen LogP contribution is 2.38. The topological polar surface area (TPSA) is 309 Å². The van der Waals surface area contributed by atoms with E-state index in [0.29, 0.717) is 0 Å². The maximum absolute atomic E-state index is 12.7. The summed E-state index contributed by atoms with van der Waals surface area (Å²) < 4.78 is 23.9. The molecule has 0 spiro atoms. The van der Waals surface area contributed by atoms with Gasteiger partial charge in [0.15, 0.2) is 12.1 Å². The number of aliphatic hydroxyl groups is 10. The molecule has 0 aromatic heterocycles. The van der Waals surface area contributed by atoms with E-state index in [9.17, 15) is 65.8 Å². The summed E-state index contributed by atoms with van der Waals surface area (Å²) in [4.78, 5) is 27.4. The zero-order valence-electron chi connectivity index (χ0n) is 44.0. The number of aliphatic carboxylic acids is 1. The molecule has 19 heteroatoms. The summed E-state index contributed by atoms with van der Waals surface area (Å²) in [5.74, 6) is -6.91. The average Bonchev–Trinajstić information content (AvgIpc) is 3.33. The SMILES string of the molecule is C[C@@H]1[C@H](O)[C@@H](C)/C=C/C=C/C=C/C=C/C=C/C=C/C=C/[C@H](O[C@H]2O[C@@H](C)[C@H](O)[C@@H](NCc3ccc(N(C)C)cc3)[C@H]2O)C[C@@H]2O[C@](O)(C[C@@H](O)[C@H](O)CC[C@@H](O)C[C@@H](O)C[C@@H](O)CC(=O)O[C@H]1C)C[C@H](O)[C@H]2C(=O)O. The highest BCUT2D eigenvalue weighted by Gasteiger charge is 2.51. The van der Waals surface area contributed by atoms with Gasteiger partial charge in [-0.15, -0.1) is 0 Å². The molecule has 1 aromatic carbocycles. The lowest BCUT2D eigenvalue weighted by Gasteiger charge is -2.45. The average molecular weight is 1060 g/mol. The number of rotatable bonds is 7. The normalized spacial score (nSPS) is 40.9. The number of carboxylic acid groups (broad SMARTS) is 1. The van der Waals surface area contributed by atoms with Crippen LogP contribution in [-0.4, -0.2) is 180 Å². The predicted octanol–water partition coefficient (Wildman–Crippen LogP) is 2.61. The van der Waals surface area contributed by atoms with Gasteiger partial charge in [-0.3, -0.25) is 9.59 Å². The molecular weight excluding hydrogens is 973 g/mol. The second-order valence-electron chi connectivity index (χ2n) is 20.5. The fourth-order valence-electron chi connectivity index (χ4n) is 9.31. The smallest absolute Gasteiger partial charge is 0.311 e. The molecule has 3 aliphatic rings. The Morgan fingerprint density at radius 3 is 1.83 bits per heavy atom. The summed E-state index contributed by atoms with van der Waals surface area (Å²) in [6, 6.07) is 6.78. The molecule has 75 heavy (non-hydrogen) atoms. The number of hydrogen-bond donors (Lipinski definition) is 12. The Morgan fingerprint density at radius 2 is 1.24 bits per heavy atom. The fourth-order valence-corrected chi connectivity index (χ4v) is 9.31. The van der Waals surface area contributed by atoms with Crippen LogP contribution in [0.5, 0.6) is 0 Å². The Labute approximate surface area is 441 Å². The maximum atomic E-state index is 12.7. The first-order chi connectivity index (χ1) is 35.5. The van der Waals surface area contributed by atoms with Crippen molar-refractivity contribution in [3.63, 3.8) is 0 Å². The van der Waals surface area contributed by atoms with Crippen molar-refractivity contribution in [2.24, 2.45) is 17.8 Å². The number of cyclic esters (lactones) is 1. The lowest BCUT2D eigenvalue weighted by Crippen LogP contribution is -2.63. The van der Waals surface area contributed by atoms with E-state index >= 15 is 0 Å². The van der Waals surface area contributed by atoms with Gasteiger partial charge in [0.1, 0.15) is 18.1 Å². The standard InChI is InChI=1S/C56H84N2O17/c1-34-19-17-15-13-11-9-7-8-10-12-14-16-18-20-43(74-55-53(68)50(52(67)37(4)73-55)57-33-38-21-23-39(24-22-38)58(5)6)30-47-49(54(69)70)46(64)32-56(71,75-47)31-45(63)44(62)26-25-40(59)27-41(60)28-42(61)29-48(65)72-36(3)35(2)51(34)66/h7-24,34-37,40-47,49-53,55,57,59-64,66-68,71H,25-33H2,1-6H3,(H,69,70)/b8-7+,11-9+,12-10+,15-13+,16-14+,19-17+,20-18+/t34-,35-,36-,37-,40+,41+,42+,43-,44+,45+,46-,47-,49+,50+,51+,52-,53+,55+,56+/m0/s1. The Balaban J connectivity index is 1.58. The third-order valence-electron chi connectivity index (χ3n) is 14.0. The van der Waals surface area contributed by atoms with E-state index in [1.165, 1.54) is 0 Å². The molecule has 0 aliphatic carbocycles. The second-order valence-corrected chi connectivity index (χ2v) is 20.5. The lowest BCUT2D eigenvalue weighted by atomic mass is 9.82. The van der Waals surface area contributed by atoms with Crippen LogP contribution in [0.2, 0.25) is 0 Å². The van der Waals surface area contributed by atoms with Gasteiger partial charge in [0.2, 0.25) is 0 Å². The van der Waals surface area contributed by atoms with Gasteiger partial charge in [-0.05, 0) is 57.2 Å². The summed E-state index contributed by atoms with van der Waals surface area (Å²) in [5.41, 5.74) is 1.87. The molecule has 2 bridgehead atoms. The van der Waals surface area contributed by atoms with Crippen LogP contribution >= 0.6 is 0 Å². The number of esters is 1. The first-order valence-electron chi connectivity index (χ1n) is 25.9. The molecule has 420 valence electrons. The molecule has 19 atom stereocenters. The van der Waals surface area contributed by atoms with Crippen molar-refractivity contribution in [3.8, 4) is 0 Å². The third kappa shape index (κ3) is 20.8. The van der Waals surface area contributed by atoms with Gasteiger partial charge in [0.05, 0.1) is 79.6 Å². The number of nitrogens with zero attached hydrogens (tertiary/aromatic N) is 1. The van der Waals surface area contributed by atoms with Crippen LogP contribution in [0, 0.1) is 17.8 Å². The van der Waals surface area contributed by atoms with Gasteiger partial charge in [0, 0.05) is 57.4 Å². The Bertz CT molecular complexity index is 2090. The van der Waals surface area contributed by atoms with E-state index in [1.807, 2.05) is 80.6 Å². The van der Waals surface area contributed by atoms with Crippen molar-refractivity contribution in [1.29, 1.82) is 0 Å². The van der Waals surface area contributed by atoms with Crippen LogP contribution in [0.1, 0.15) is 84.6 Å². The zero-order chi connectivity index (χ0) is 55.4. The largest absolute Gasteiger partial charge is 0.481 e. The van der Waals surface area contributed by atoms with E-state index in [1.54, 1.807) is 75.5 Å². The molecular formula is C56H84N2O17. The van der Waals surface area contributed by atoms with Crippen LogP contribution in [0.4, 0.5) is 5.69 Å². The van der Waals surface area contributed by atoms with Crippen LogP contribution in [-0.2, 0) is 35.1 Å². The minimum absolute atomic E-state index is 0.144. The monoisotopic (exact) mass is 1060 g/mol. The Morgan fingerprint density at radius 1 is 0.680 bits per heavy atom. The number of carbonyl (C=O) groups is 2. The highest BCUT2D eigenvalue weighted by molar-refractivity contribution is 5.71. The number of hydrogen-bond acceptors (Lipinski definition) is 18. The molecule has 3 aliphatic heterocycles. The van der Waals surface area contributed by atoms with E-state index in [0.717, 1.165) is 11.3 Å². The molecule has 0 radical (unpaired) electrons. The second kappa shape index (κ2) is 31.1. The van der Waals surface area contributed by atoms with Crippen molar-refractivity contribution < 1.29 is 84.7 Å². The van der Waals surface area contributed by atoms with Crippen molar-refractivity contribution in [2.75, 3.05) is 19.0 Å². The van der Waals surface area contributed by atoms with Crippen molar-refractivity contribution in [3.05, 3.63) is 115 Å². The number of carbonyl (C=O) groups excluding carboxylic acids is 1. The number of fused-ring (bicyclic) bond motifs is 2. The quantitative estimate of drug-likeness (QED) is 0.175. The van der Waals surface area contributed by atoms with Crippen molar-refractivity contribution >= 4 is 17.6 Å². The number of ether oxygens (including phenoxy) is 4. The van der Waals surface area contributed by atoms with Crippen LogP contribution < -0.4 is 10.2 Å². The number of carboxylic acids is 1. The Hall–Kier alpha value is -4.42. The van der Waals surface area contributed by atoms with Crippen LogP contribution in [0.25, 0.3) is 0 Å². The summed E-state index contributed by atoms with van der Waals surface area (Å²) in [6.45, 7) is 7.11. The van der Waals surface area contributed by atoms with Crippen LogP contribution in [0.15, 0.2) is 109 Å². The number of aliphatic hydroxyl groups excluding tert-OH is 9. The number of anilines is 1. The van der Waals surface area contributed by atoms with E-state index in [-0.39, 0.29) is 44.6 Å². The molecule has 3 heterocycles. The third-order valence-corrected chi connectivity index (χ3v) is 14.0. The molecule has 0 amide bonds. The number of nitrogens with one attached hydrogen (secondary N) is 1. The van der Waals surface area contributed by atoms with E-state index < -0.39 is 141 Å². The van der Waals surface area contributed by atoms with E-state index in [2.05, 4.69) is 5.32 Å². The van der Waals surface area contributed by atoms with Gasteiger partial charge in [-0.25, -0.2) is 0 Å². The van der Waals surface area contributed by atoms with Crippen molar-refractivity contribution in [1.82, 2.24) is 5.32 Å². The van der Waals surface area contributed by atoms with Crippen molar-refractivity contribution in [2.45, 2.75) is 183 Å². The van der Waals surface area contributed by atoms with Gasteiger partial charge in [-0.1, -0.05) is 111 Å². The minimum Gasteiger partial charge on any atom is -0.481 e. The molecule has 4 rings (SSSR count). The molecule has 12 N–H and O–H groups in total. The first-order valence-corrected chi connectivity index (χ1v) is 25.9. The van der Waals surface area contributed by atoms with Gasteiger partial charge in [-0.2, -0.15) is 0 Å². The predicted molar refractivity (Wildman–Crippen MR) is 280 cm³/mol. The summed E-state index contributed by atoms with van der Waals surface area (Å²) >= 11 is 0. The van der Waals surface area contributed by atoms with Gasteiger partial charge in [0.25, 0.3) is 0 Å². The molecule has 2 saturated heterocycles. The highest BCUT2D eigenvalue weighted by atomic mass is 16.7. The number of benzene rings is 1. The summed E-state index contributed by atoms with van der Waals surface area (Å²) in [5, 5.41) is 124. The van der Waals surface area contributed by atoms with Gasteiger partial charge >= 0.3 is 11.9 Å². The zero-order valence-corrected chi connectivity index (χ0v) is 44.0.